The lowest BCUT2D eigenvalue weighted by Crippen LogP contribution is -2.53. The Bertz CT molecular complexity index is 1100. The van der Waals surface area contributed by atoms with Crippen LogP contribution in [0.3, 0.4) is 0 Å². The molecule has 1 unspecified atom stereocenters. The molecule has 1 saturated carbocycles. The van der Waals surface area contributed by atoms with Crippen LogP contribution >= 0.6 is 0 Å². The highest BCUT2D eigenvalue weighted by atomic mass is 16.5. The normalized spacial score (nSPS) is 26.6. The summed E-state index contributed by atoms with van der Waals surface area (Å²) in [6.45, 7) is 0.523. The zero-order valence-electron chi connectivity index (χ0n) is 18.0. The predicted octanol–water partition coefficient (Wildman–Crippen LogP) is 3.82. The molecule has 5 rings (SSSR count). The van der Waals surface area contributed by atoms with Crippen LogP contribution in [0.25, 0.3) is 0 Å². The number of quaternary nitrogens is 1. The van der Waals surface area contributed by atoms with E-state index in [9.17, 15) is 0 Å². The number of nitrogens with two attached hydrogens (primary N) is 1. The van der Waals surface area contributed by atoms with Crippen LogP contribution in [-0.4, -0.2) is 41.7 Å². The van der Waals surface area contributed by atoms with Crippen LogP contribution in [0.5, 0.6) is 5.75 Å². The van der Waals surface area contributed by atoms with Crippen LogP contribution < -0.4 is 10.6 Å². The molecule has 6 nitrogen and oxygen atoms in total. The van der Waals surface area contributed by atoms with E-state index in [1.54, 1.807) is 6.20 Å². The van der Waals surface area contributed by atoms with Gasteiger partial charge in [0.1, 0.15) is 24.3 Å². The Labute approximate surface area is 183 Å². The second-order valence-corrected chi connectivity index (χ2v) is 8.65. The molecule has 0 radical (unpaired) electrons. The van der Waals surface area contributed by atoms with E-state index < -0.39 is 0 Å². The van der Waals surface area contributed by atoms with Crippen LogP contribution in [0.4, 0.5) is 0 Å². The van der Waals surface area contributed by atoms with Crippen LogP contribution in [0.15, 0.2) is 88.4 Å². The number of amidine groups is 1. The molecule has 2 heterocycles. The Kier molecular flexibility index (Phi) is 5.06. The highest BCUT2D eigenvalue weighted by Crippen LogP contribution is 2.43. The van der Waals surface area contributed by atoms with E-state index in [1.165, 1.54) is 0 Å². The van der Waals surface area contributed by atoms with E-state index in [0.29, 0.717) is 18.6 Å². The molecule has 1 fully saturated rings. The molecule has 158 valence electrons. The molecular weight excluding hydrogens is 386 g/mol. The van der Waals surface area contributed by atoms with Crippen molar-refractivity contribution in [3.63, 3.8) is 0 Å². The van der Waals surface area contributed by atoms with Gasteiger partial charge in [-0.05, 0) is 50.7 Å². The maximum absolute atomic E-state index is 6.88. The van der Waals surface area contributed by atoms with Gasteiger partial charge in [-0.2, -0.15) is 10.8 Å². The van der Waals surface area contributed by atoms with Gasteiger partial charge in [0.05, 0.1) is 18.0 Å². The smallest absolute Gasteiger partial charge is 0.265 e. The average Bonchev–Trinajstić information content (AvgIpc) is 3.05. The van der Waals surface area contributed by atoms with Crippen molar-refractivity contribution in [1.29, 1.82) is 0 Å². The minimum Gasteiger partial charge on any atom is -0.489 e. The molecule has 2 aromatic rings. The Balaban J connectivity index is 1.41. The molecule has 1 atom stereocenters. The lowest BCUT2D eigenvalue weighted by Gasteiger charge is -2.39. The summed E-state index contributed by atoms with van der Waals surface area (Å²) in [6, 6.07) is 18.8. The van der Waals surface area contributed by atoms with Crippen molar-refractivity contribution in [2.24, 2.45) is 21.7 Å². The van der Waals surface area contributed by atoms with Gasteiger partial charge in [-0.15, -0.1) is 4.59 Å². The van der Waals surface area contributed by atoms with Gasteiger partial charge in [-0.1, -0.05) is 36.4 Å². The number of ether oxygens (including phenoxy) is 1. The zero-order valence-corrected chi connectivity index (χ0v) is 18.0. The van der Waals surface area contributed by atoms with Crippen molar-refractivity contribution in [3.8, 4) is 5.75 Å². The second-order valence-electron chi connectivity index (χ2n) is 8.65. The zero-order chi connectivity index (χ0) is 21.4. The Hall–Kier alpha value is -3.06. The van der Waals surface area contributed by atoms with Gasteiger partial charge in [0.25, 0.3) is 5.84 Å². The SMILES string of the molecule is CN(C)C1CC(C2=C3C=NC=C[N+]3(N)C(c3cccc(OCc4ccccc4)c3)=N2)C1. The molecular formula is C25H28N5O+. The fraction of sp³-hybridized carbons (Fsp3) is 0.280. The first-order chi connectivity index (χ1) is 15.0. The lowest BCUT2D eigenvalue weighted by atomic mass is 9.77. The maximum Gasteiger partial charge on any atom is 0.265 e. The Morgan fingerprint density at radius 2 is 1.90 bits per heavy atom. The van der Waals surface area contributed by atoms with E-state index in [1.807, 2.05) is 54.9 Å². The van der Waals surface area contributed by atoms with Crippen molar-refractivity contribution in [2.45, 2.75) is 25.5 Å². The summed E-state index contributed by atoms with van der Waals surface area (Å²) in [4.78, 5) is 11.7. The van der Waals surface area contributed by atoms with Crippen LogP contribution in [0.1, 0.15) is 24.0 Å². The molecule has 1 aliphatic carbocycles. The van der Waals surface area contributed by atoms with Gasteiger partial charge in [-0.25, -0.2) is 0 Å². The van der Waals surface area contributed by atoms with Crippen molar-refractivity contribution in [2.75, 3.05) is 14.1 Å². The molecule has 6 heteroatoms. The van der Waals surface area contributed by atoms with Gasteiger partial charge in [0.2, 0.25) is 5.70 Å². The molecule has 0 saturated heterocycles. The monoisotopic (exact) mass is 414 g/mol. The number of allylic oxidation sites excluding steroid dienone is 2. The highest BCUT2D eigenvalue weighted by molar-refractivity contribution is 6.00. The predicted molar refractivity (Wildman–Crippen MR) is 123 cm³/mol. The molecule has 2 N–H and O–H groups in total. The first-order valence-corrected chi connectivity index (χ1v) is 10.7. The molecule has 0 bridgehead atoms. The summed E-state index contributed by atoms with van der Waals surface area (Å²) in [5.41, 5.74) is 4.13. The van der Waals surface area contributed by atoms with Crippen LogP contribution in [-0.2, 0) is 6.61 Å². The third-order valence-electron chi connectivity index (χ3n) is 6.39. The molecule has 2 aromatic carbocycles. The number of rotatable bonds is 6. The van der Waals surface area contributed by atoms with E-state index in [4.69, 9.17) is 15.6 Å². The van der Waals surface area contributed by atoms with Gasteiger partial charge in [0.15, 0.2) is 0 Å². The summed E-state index contributed by atoms with van der Waals surface area (Å²) in [6.07, 6.45) is 7.72. The van der Waals surface area contributed by atoms with Gasteiger partial charge in [-0.3, -0.25) is 4.99 Å². The van der Waals surface area contributed by atoms with E-state index in [0.717, 1.165) is 46.9 Å². The molecule has 0 spiro atoms. The molecule has 0 amide bonds. The Morgan fingerprint density at radius 3 is 2.68 bits per heavy atom. The van der Waals surface area contributed by atoms with Crippen LogP contribution in [0.2, 0.25) is 0 Å². The molecule has 31 heavy (non-hydrogen) atoms. The number of fused-ring (bicyclic) bond motifs is 1. The fourth-order valence-electron chi connectivity index (χ4n) is 4.40. The van der Waals surface area contributed by atoms with Crippen molar-refractivity contribution in [3.05, 3.63) is 89.5 Å². The van der Waals surface area contributed by atoms with Crippen molar-refractivity contribution < 1.29 is 9.33 Å². The fourth-order valence-corrected chi connectivity index (χ4v) is 4.40. The van der Waals surface area contributed by atoms with Gasteiger partial charge in [0, 0.05) is 12.0 Å². The topological polar surface area (TPSA) is 63.2 Å². The number of nitrogens with zero attached hydrogens (tertiary/aromatic N) is 4. The number of aliphatic imine (C=N–C) groups is 2. The summed E-state index contributed by atoms with van der Waals surface area (Å²) >= 11 is 0. The average molecular weight is 415 g/mol. The minimum absolute atomic E-state index is 0.0596. The van der Waals surface area contributed by atoms with E-state index >= 15 is 0 Å². The molecule has 3 aliphatic rings. The summed E-state index contributed by atoms with van der Waals surface area (Å²) in [5, 5.41) is 0. The third-order valence-corrected chi connectivity index (χ3v) is 6.39. The van der Waals surface area contributed by atoms with Gasteiger partial charge >= 0.3 is 0 Å². The lowest BCUT2D eigenvalue weighted by molar-refractivity contribution is -0.750. The highest BCUT2D eigenvalue weighted by Gasteiger charge is 2.48. The summed E-state index contributed by atoms with van der Waals surface area (Å²) in [5.74, 6) is 8.90. The Morgan fingerprint density at radius 1 is 1.10 bits per heavy atom. The first kappa shape index (κ1) is 19.9. The van der Waals surface area contributed by atoms with E-state index in [2.05, 4.69) is 36.1 Å². The largest absolute Gasteiger partial charge is 0.489 e. The maximum atomic E-state index is 6.88. The van der Waals surface area contributed by atoms with Crippen LogP contribution in [0, 0.1) is 5.92 Å². The number of hydrogen-bond donors (Lipinski definition) is 1. The third kappa shape index (κ3) is 3.63. The molecule has 0 aromatic heterocycles. The first-order valence-electron chi connectivity index (χ1n) is 10.7. The quantitative estimate of drug-likeness (QED) is 0.577. The van der Waals surface area contributed by atoms with Crippen molar-refractivity contribution in [1.82, 2.24) is 4.90 Å². The number of benzene rings is 2. The molecule has 2 aliphatic heterocycles. The minimum atomic E-state index is 0.0596. The second kappa shape index (κ2) is 7.89. The summed E-state index contributed by atoms with van der Waals surface area (Å²) < 4.78 is 6.10. The van der Waals surface area contributed by atoms with Gasteiger partial charge < -0.3 is 9.64 Å². The number of hydrogen-bond acceptors (Lipinski definition) is 5. The standard InChI is InChI=1S/C25H28N5O/c1-29(2)21-13-20(14-21)24-23-16-27-11-12-30(23,26)25(28-24)19-9-6-10-22(15-19)31-17-18-7-4-3-5-8-18/h3-12,15-16,20-21H,13-14,17,26H2,1-2H3/q+1. The van der Waals surface area contributed by atoms with Crippen molar-refractivity contribution >= 4 is 12.1 Å². The summed E-state index contributed by atoms with van der Waals surface area (Å²) in [7, 11) is 4.27. The van der Waals surface area contributed by atoms with E-state index in [-0.39, 0.29) is 4.59 Å².